The molecule has 0 bridgehead atoms. The monoisotopic (exact) mass is 160 g/mol. The minimum atomic E-state index is -0.959. The first-order chi connectivity index (χ1) is 4.70. The molecule has 1 aliphatic carbocycles. The highest BCUT2D eigenvalue weighted by molar-refractivity contribution is 6.68. The molecular formula is C7H6ClFO. The molecule has 0 saturated heterocycles. The largest absolute Gasteiger partial charge is 0.276 e. The number of carbonyl (C=O) groups is 1. The molecule has 0 heterocycles. The van der Waals surface area contributed by atoms with Gasteiger partial charge in [0.05, 0.1) is 0 Å². The van der Waals surface area contributed by atoms with Gasteiger partial charge in [-0.25, -0.2) is 4.39 Å². The Bertz CT molecular complexity index is 208. The maximum absolute atomic E-state index is 12.3. The molecular weight excluding hydrogens is 155 g/mol. The zero-order valence-corrected chi connectivity index (χ0v) is 5.94. The SMILES string of the molecule is O=C(Cl)C1=CCC(F)C=C1. The van der Waals surface area contributed by atoms with Crippen molar-refractivity contribution in [2.45, 2.75) is 12.6 Å². The summed E-state index contributed by atoms with van der Waals surface area (Å²) in [5.41, 5.74) is 0.385. The van der Waals surface area contributed by atoms with Crippen LogP contribution in [0.4, 0.5) is 4.39 Å². The summed E-state index contributed by atoms with van der Waals surface area (Å²) in [6, 6.07) is 0. The average molecular weight is 161 g/mol. The second kappa shape index (κ2) is 2.97. The highest BCUT2D eigenvalue weighted by Crippen LogP contribution is 2.14. The lowest BCUT2D eigenvalue weighted by atomic mass is 10.1. The van der Waals surface area contributed by atoms with E-state index in [4.69, 9.17) is 11.6 Å². The summed E-state index contributed by atoms with van der Waals surface area (Å²) in [6.45, 7) is 0. The van der Waals surface area contributed by atoms with Crippen LogP contribution in [0.2, 0.25) is 0 Å². The molecule has 3 heteroatoms. The number of carbonyl (C=O) groups excluding carboxylic acids is 1. The van der Waals surface area contributed by atoms with Crippen LogP contribution in [0, 0.1) is 0 Å². The topological polar surface area (TPSA) is 17.1 Å². The maximum Gasteiger partial charge on any atom is 0.252 e. The van der Waals surface area contributed by atoms with Crippen molar-refractivity contribution in [2.24, 2.45) is 0 Å². The van der Waals surface area contributed by atoms with Crippen LogP contribution in [0.5, 0.6) is 0 Å². The minimum Gasteiger partial charge on any atom is -0.276 e. The smallest absolute Gasteiger partial charge is 0.252 e. The van der Waals surface area contributed by atoms with Crippen LogP contribution in [0.3, 0.4) is 0 Å². The lowest BCUT2D eigenvalue weighted by Gasteiger charge is -2.04. The Balaban J connectivity index is 2.67. The van der Waals surface area contributed by atoms with Crippen molar-refractivity contribution in [1.29, 1.82) is 0 Å². The van der Waals surface area contributed by atoms with Crippen molar-refractivity contribution >= 4 is 16.8 Å². The lowest BCUT2D eigenvalue weighted by molar-refractivity contribution is -0.108. The van der Waals surface area contributed by atoms with Gasteiger partial charge in [0.25, 0.3) is 5.24 Å². The predicted octanol–water partition coefficient (Wildman–Crippen LogP) is 1.98. The standard InChI is InChI=1S/C7H6ClFO/c8-7(10)5-1-3-6(9)4-2-5/h1-3,6H,4H2. The summed E-state index contributed by atoms with van der Waals surface area (Å²) in [4.78, 5) is 10.4. The number of halogens is 2. The van der Waals surface area contributed by atoms with E-state index in [9.17, 15) is 9.18 Å². The Morgan fingerprint density at radius 1 is 1.80 bits per heavy atom. The quantitative estimate of drug-likeness (QED) is 0.536. The third-order valence-electron chi connectivity index (χ3n) is 1.27. The van der Waals surface area contributed by atoms with E-state index in [1.54, 1.807) is 0 Å². The zero-order chi connectivity index (χ0) is 7.56. The van der Waals surface area contributed by atoms with Gasteiger partial charge in [0.15, 0.2) is 0 Å². The van der Waals surface area contributed by atoms with Gasteiger partial charge in [-0.05, 0) is 17.7 Å². The molecule has 0 spiro atoms. The van der Waals surface area contributed by atoms with E-state index in [2.05, 4.69) is 0 Å². The van der Waals surface area contributed by atoms with Gasteiger partial charge in [0.2, 0.25) is 0 Å². The van der Waals surface area contributed by atoms with Gasteiger partial charge in [0, 0.05) is 12.0 Å². The Labute approximate surface area is 63.2 Å². The fourth-order valence-electron chi connectivity index (χ4n) is 0.740. The second-order valence-electron chi connectivity index (χ2n) is 2.04. The highest BCUT2D eigenvalue weighted by Gasteiger charge is 2.09. The molecule has 1 unspecified atom stereocenters. The van der Waals surface area contributed by atoms with Gasteiger partial charge >= 0.3 is 0 Å². The number of rotatable bonds is 1. The van der Waals surface area contributed by atoms with Crippen LogP contribution in [-0.2, 0) is 4.79 Å². The van der Waals surface area contributed by atoms with Crippen LogP contribution in [-0.4, -0.2) is 11.4 Å². The summed E-state index contributed by atoms with van der Waals surface area (Å²) >= 11 is 5.12. The van der Waals surface area contributed by atoms with Crippen molar-refractivity contribution in [3.63, 3.8) is 0 Å². The lowest BCUT2D eigenvalue weighted by Crippen LogP contribution is -2.01. The third kappa shape index (κ3) is 1.67. The Hall–Kier alpha value is -0.630. The van der Waals surface area contributed by atoms with Crippen molar-refractivity contribution in [3.8, 4) is 0 Å². The first kappa shape index (κ1) is 7.48. The van der Waals surface area contributed by atoms with Crippen LogP contribution in [0.15, 0.2) is 23.8 Å². The fourth-order valence-corrected chi connectivity index (χ4v) is 0.880. The summed E-state index contributed by atoms with van der Waals surface area (Å²) < 4.78 is 12.3. The molecule has 1 nitrogen and oxygen atoms in total. The Kier molecular flexibility index (Phi) is 2.22. The number of alkyl halides is 1. The molecule has 0 amide bonds. The molecule has 0 saturated carbocycles. The minimum absolute atomic E-state index is 0.254. The van der Waals surface area contributed by atoms with E-state index < -0.39 is 11.4 Å². The van der Waals surface area contributed by atoms with E-state index in [1.165, 1.54) is 18.2 Å². The average Bonchev–Trinajstić information content (AvgIpc) is 1.88. The summed E-state index contributed by atoms with van der Waals surface area (Å²) in [6.07, 6.45) is 3.53. The first-order valence-corrected chi connectivity index (χ1v) is 3.30. The van der Waals surface area contributed by atoms with Crippen molar-refractivity contribution in [1.82, 2.24) is 0 Å². The van der Waals surface area contributed by atoms with Gasteiger partial charge < -0.3 is 0 Å². The van der Waals surface area contributed by atoms with Gasteiger partial charge in [-0.2, -0.15) is 0 Å². The van der Waals surface area contributed by atoms with Gasteiger partial charge in [0.1, 0.15) is 6.17 Å². The Morgan fingerprint density at radius 2 is 2.50 bits per heavy atom. The van der Waals surface area contributed by atoms with Crippen LogP contribution >= 0.6 is 11.6 Å². The molecule has 0 aromatic heterocycles. The maximum atomic E-state index is 12.3. The summed E-state index contributed by atoms with van der Waals surface area (Å²) in [7, 11) is 0. The van der Waals surface area contributed by atoms with Crippen molar-refractivity contribution < 1.29 is 9.18 Å². The molecule has 10 heavy (non-hydrogen) atoms. The molecule has 0 aromatic carbocycles. The molecule has 0 N–H and O–H groups in total. The fraction of sp³-hybridized carbons (Fsp3) is 0.286. The van der Waals surface area contributed by atoms with E-state index in [1.807, 2.05) is 0 Å². The van der Waals surface area contributed by atoms with E-state index in [0.29, 0.717) is 5.57 Å². The van der Waals surface area contributed by atoms with Crippen LogP contribution < -0.4 is 0 Å². The highest BCUT2D eigenvalue weighted by atomic mass is 35.5. The number of allylic oxidation sites excluding steroid dienone is 4. The molecule has 54 valence electrons. The van der Waals surface area contributed by atoms with Crippen LogP contribution in [0.25, 0.3) is 0 Å². The zero-order valence-electron chi connectivity index (χ0n) is 5.18. The van der Waals surface area contributed by atoms with Gasteiger partial charge in [-0.1, -0.05) is 12.2 Å². The third-order valence-corrected chi connectivity index (χ3v) is 1.49. The van der Waals surface area contributed by atoms with Gasteiger partial charge in [-0.15, -0.1) is 0 Å². The molecule has 0 aliphatic heterocycles. The predicted molar refractivity (Wildman–Crippen MR) is 37.6 cm³/mol. The molecule has 1 aliphatic rings. The van der Waals surface area contributed by atoms with E-state index in [-0.39, 0.29) is 6.42 Å². The second-order valence-corrected chi connectivity index (χ2v) is 2.39. The van der Waals surface area contributed by atoms with Crippen molar-refractivity contribution in [3.05, 3.63) is 23.8 Å². The van der Waals surface area contributed by atoms with E-state index >= 15 is 0 Å². The number of hydrogen-bond acceptors (Lipinski definition) is 1. The number of hydrogen-bond donors (Lipinski definition) is 0. The normalized spacial score (nSPS) is 24.2. The van der Waals surface area contributed by atoms with Crippen LogP contribution in [0.1, 0.15) is 6.42 Å². The molecule has 1 atom stereocenters. The summed E-state index contributed by atoms with van der Waals surface area (Å²) in [5, 5.41) is -0.525. The van der Waals surface area contributed by atoms with Gasteiger partial charge in [-0.3, -0.25) is 4.79 Å². The summed E-state index contributed by atoms with van der Waals surface area (Å²) in [5.74, 6) is 0. The molecule has 0 aromatic rings. The molecule has 1 rings (SSSR count). The van der Waals surface area contributed by atoms with Crippen molar-refractivity contribution in [2.75, 3.05) is 0 Å². The first-order valence-electron chi connectivity index (χ1n) is 2.92. The van der Waals surface area contributed by atoms with E-state index in [0.717, 1.165) is 0 Å². The molecule has 0 radical (unpaired) electrons. The molecule has 0 fully saturated rings. The Morgan fingerprint density at radius 3 is 2.90 bits per heavy atom.